The van der Waals surface area contributed by atoms with Crippen LogP contribution in [-0.2, 0) is 6.42 Å². The number of para-hydroxylation sites is 1. The molecule has 2 nitrogen and oxygen atoms in total. The molecular weight excluding hydrogens is 244 g/mol. The lowest BCUT2D eigenvalue weighted by atomic mass is 9.62. The summed E-state index contributed by atoms with van der Waals surface area (Å²) in [5.41, 5.74) is 2.71. The van der Waals surface area contributed by atoms with E-state index in [4.69, 9.17) is 0 Å². The van der Waals surface area contributed by atoms with Crippen LogP contribution in [0.5, 0.6) is 0 Å². The van der Waals surface area contributed by atoms with Crippen molar-refractivity contribution in [3.63, 3.8) is 0 Å². The summed E-state index contributed by atoms with van der Waals surface area (Å²) in [6.07, 6.45) is 9.12. The van der Waals surface area contributed by atoms with Gasteiger partial charge in [-0.15, -0.1) is 0 Å². The standard InChI is InChI=1S/C18H24N2/c1-12(20-17-7-6-13-9-14(17)10-13)8-15-11-19-18-5-3-2-4-16(15)18/h2-5,11-14,17,19-20H,6-10H2,1H3/t12-,13?,14?,17?/m1/s1. The molecule has 3 fully saturated rings. The van der Waals surface area contributed by atoms with Gasteiger partial charge in [-0.1, -0.05) is 18.2 Å². The molecule has 0 saturated heterocycles. The molecule has 1 aromatic carbocycles. The molecule has 106 valence electrons. The highest BCUT2D eigenvalue weighted by atomic mass is 15.0. The first kappa shape index (κ1) is 12.5. The van der Waals surface area contributed by atoms with Crippen molar-refractivity contribution in [2.75, 3.05) is 0 Å². The highest BCUT2D eigenvalue weighted by Crippen LogP contribution is 2.45. The van der Waals surface area contributed by atoms with Crippen molar-refractivity contribution in [2.45, 2.75) is 51.1 Å². The minimum atomic E-state index is 0.566. The van der Waals surface area contributed by atoms with Crippen LogP contribution in [0.3, 0.4) is 0 Å². The molecule has 2 aromatic rings. The van der Waals surface area contributed by atoms with Gasteiger partial charge in [-0.25, -0.2) is 0 Å². The third-order valence-corrected chi connectivity index (χ3v) is 5.43. The summed E-state index contributed by atoms with van der Waals surface area (Å²) >= 11 is 0. The number of aromatic nitrogens is 1. The number of benzene rings is 1. The lowest BCUT2D eigenvalue weighted by Gasteiger charge is -2.47. The second-order valence-corrected chi connectivity index (χ2v) is 6.91. The fourth-order valence-electron chi connectivity index (χ4n) is 4.28. The summed E-state index contributed by atoms with van der Waals surface area (Å²) in [5, 5.41) is 5.28. The van der Waals surface area contributed by atoms with E-state index >= 15 is 0 Å². The molecule has 1 unspecified atom stereocenters. The van der Waals surface area contributed by atoms with Gasteiger partial charge in [-0.05, 0) is 62.5 Å². The van der Waals surface area contributed by atoms with Gasteiger partial charge in [0.15, 0.2) is 0 Å². The quantitative estimate of drug-likeness (QED) is 0.865. The van der Waals surface area contributed by atoms with E-state index in [2.05, 4.69) is 47.7 Å². The summed E-state index contributed by atoms with van der Waals surface area (Å²) in [6, 6.07) is 9.96. The third-order valence-electron chi connectivity index (χ3n) is 5.43. The fraction of sp³-hybridized carbons (Fsp3) is 0.556. The highest BCUT2D eigenvalue weighted by molar-refractivity contribution is 5.83. The molecule has 0 spiro atoms. The summed E-state index contributed by atoms with van der Waals surface area (Å²) in [7, 11) is 0. The van der Waals surface area contributed by atoms with Gasteiger partial charge in [-0.2, -0.15) is 0 Å². The number of nitrogens with one attached hydrogen (secondary N) is 2. The van der Waals surface area contributed by atoms with Crippen molar-refractivity contribution in [3.8, 4) is 0 Å². The highest BCUT2D eigenvalue weighted by Gasteiger charge is 2.39. The Morgan fingerprint density at radius 1 is 1.25 bits per heavy atom. The fourth-order valence-corrected chi connectivity index (χ4v) is 4.28. The Morgan fingerprint density at radius 2 is 2.10 bits per heavy atom. The van der Waals surface area contributed by atoms with E-state index in [0.717, 1.165) is 24.3 Å². The number of fused-ring (bicyclic) bond motifs is 3. The van der Waals surface area contributed by atoms with Crippen LogP contribution in [0, 0.1) is 11.8 Å². The van der Waals surface area contributed by atoms with Gasteiger partial charge in [0.25, 0.3) is 0 Å². The zero-order valence-corrected chi connectivity index (χ0v) is 12.2. The topological polar surface area (TPSA) is 27.8 Å². The van der Waals surface area contributed by atoms with Crippen molar-refractivity contribution in [1.29, 1.82) is 0 Å². The first-order chi connectivity index (χ1) is 9.79. The van der Waals surface area contributed by atoms with E-state index in [1.54, 1.807) is 0 Å². The van der Waals surface area contributed by atoms with Crippen LogP contribution in [0.4, 0.5) is 0 Å². The van der Waals surface area contributed by atoms with Gasteiger partial charge < -0.3 is 10.3 Å². The van der Waals surface area contributed by atoms with Crippen molar-refractivity contribution in [1.82, 2.24) is 10.3 Å². The van der Waals surface area contributed by atoms with Gasteiger partial charge in [0.1, 0.15) is 0 Å². The predicted octanol–water partition coefficient (Wildman–Crippen LogP) is 3.88. The number of hydrogen-bond donors (Lipinski definition) is 2. The Balaban J connectivity index is 1.43. The summed E-state index contributed by atoms with van der Waals surface area (Å²) < 4.78 is 0. The molecule has 0 aliphatic heterocycles. The Kier molecular flexibility index (Phi) is 3.07. The van der Waals surface area contributed by atoms with Crippen LogP contribution in [0.1, 0.15) is 38.2 Å². The van der Waals surface area contributed by atoms with Crippen molar-refractivity contribution in [2.24, 2.45) is 11.8 Å². The van der Waals surface area contributed by atoms with Crippen LogP contribution in [0.25, 0.3) is 10.9 Å². The molecule has 1 aromatic heterocycles. The largest absolute Gasteiger partial charge is 0.361 e. The molecule has 0 radical (unpaired) electrons. The number of aromatic amines is 1. The van der Waals surface area contributed by atoms with E-state index < -0.39 is 0 Å². The Bertz CT molecular complexity index is 591. The molecule has 2 N–H and O–H groups in total. The van der Waals surface area contributed by atoms with E-state index in [9.17, 15) is 0 Å². The smallest absolute Gasteiger partial charge is 0.0456 e. The maximum atomic E-state index is 3.90. The molecule has 5 rings (SSSR count). The monoisotopic (exact) mass is 268 g/mol. The molecule has 3 saturated carbocycles. The summed E-state index contributed by atoms with van der Waals surface area (Å²) in [5.74, 6) is 2.04. The second-order valence-electron chi connectivity index (χ2n) is 6.91. The van der Waals surface area contributed by atoms with Crippen molar-refractivity contribution < 1.29 is 0 Å². The Labute approximate surface area is 121 Å². The first-order valence-corrected chi connectivity index (χ1v) is 8.10. The molecule has 3 aliphatic rings. The maximum absolute atomic E-state index is 3.90. The average molecular weight is 268 g/mol. The predicted molar refractivity (Wildman–Crippen MR) is 83.8 cm³/mol. The molecule has 2 atom stereocenters. The van der Waals surface area contributed by atoms with Crippen LogP contribution in [-0.4, -0.2) is 17.1 Å². The molecule has 20 heavy (non-hydrogen) atoms. The van der Waals surface area contributed by atoms with Gasteiger partial charge in [0.05, 0.1) is 0 Å². The SMILES string of the molecule is C[C@H](Cc1c[nH]c2ccccc12)NC1CCC2CC1C2. The van der Waals surface area contributed by atoms with Crippen LogP contribution in [0.2, 0.25) is 0 Å². The molecule has 2 bridgehead atoms. The van der Waals surface area contributed by atoms with Gasteiger partial charge in [0.2, 0.25) is 0 Å². The third kappa shape index (κ3) is 2.16. The Morgan fingerprint density at radius 3 is 2.90 bits per heavy atom. The maximum Gasteiger partial charge on any atom is 0.0456 e. The van der Waals surface area contributed by atoms with E-state index in [0.29, 0.717) is 6.04 Å². The van der Waals surface area contributed by atoms with Gasteiger partial charge in [0, 0.05) is 29.2 Å². The van der Waals surface area contributed by atoms with Crippen LogP contribution < -0.4 is 5.32 Å². The lowest BCUT2D eigenvalue weighted by molar-refractivity contribution is 0.0683. The zero-order valence-electron chi connectivity index (χ0n) is 12.2. The molecule has 0 amide bonds. The molecule has 2 heteroatoms. The zero-order chi connectivity index (χ0) is 13.5. The Hall–Kier alpha value is -1.28. The van der Waals surface area contributed by atoms with Gasteiger partial charge >= 0.3 is 0 Å². The number of H-pyrrole nitrogens is 1. The van der Waals surface area contributed by atoms with Crippen molar-refractivity contribution >= 4 is 10.9 Å². The van der Waals surface area contributed by atoms with E-state index in [1.165, 1.54) is 42.1 Å². The van der Waals surface area contributed by atoms with E-state index in [-0.39, 0.29) is 0 Å². The van der Waals surface area contributed by atoms with E-state index in [1.807, 2.05) is 0 Å². The lowest BCUT2D eigenvalue weighted by Crippen LogP contribution is -2.50. The summed E-state index contributed by atoms with van der Waals surface area (Å²) in [6.45, 7) is 2.34. The van der Waals surface area contributed by atoms with Crippen LogP contribution >= 0.6 is 0 Å². The minimum Gasteiger partial charge on any atom is -0.361 e. The number of hydrogen-bond acceptors (Lipinski definition) is 1. The first-order valence-electron chi connectivity index (χ1n) is 8.10. The second kappa shape index (κ2) is 4.92. The average Bonchev–Trinajstić information content (AvgIpc) is 2.81. The van der Waals surface area contributed by atoms with Crippen molar-refractivity contribution in [3.05, 3.63) is 36.0 Å². The normalized spacial score (nSPS) is 30.1. The number of rotatable bonds is 4. The molecular formula is C18H24N2. The summed E-state index contributed by atoms with van der Waals surface area (Å²) in [4.78, 5) is 3.39. The minimum absolute atomic E-state index is 0.566. The molecule has 3 aliphatic carbocycles. The molecule has 1 heterocycles. The van der Waals surface area contributed by atoms with Gasteiger partial charge in [-0.3, -0.25) is 0 Å². The van der Waals surface area contributed by atoms with Crippen LogP contribution in [0.15, 0.2) is 30.5 Å².